The van der Waals surface area contributed by atoms with E-state index in [4.69, 9.17) is 0 Å². The van der Waals surface area contributed by atoms with Gasteiger partial charge in [0.05, 0.1) is 0 Å². The minimum atomic E-state index is -0.0804. The fourth-order valence-corrected chi connectivity index (χ4v) is 2.72. The summed E-state index contributed by atoms with van der Waals surface area (Å²) in [6.45, 7) is 0.847. The van der Waals surface area contributed by atoms with E-state index in [2.05, 4.69) is 5.32 Å². The van der Waals surface area contributed by atoms with Crippen LogP contribution in [0.15, 0.2) is 36.4 Å². The molecule has 1 aliphatic heterocycles. The van der Waals surface area contributed by atoms with Gasteiger partial charge in [0.15, 0.2) is 11.5 Å². The summed E-state index contributed by atoms with van der Waals surface area (Å²) in [5.74, 6) is 0.116. The molecule has 0 aliphatic carbocycles. The molecule has 0 saturated heterocycles. The van der Waals surface area contributed by atoms with Gasteiger partial charge in [-0.3, -0.25) is 0 Å². The van der Waals surface area contributed by atoms with E-state index in [1.807, 2.05) is 12.1 Å². The van der Waals surface area contributed by atoms with Crippen molar-refractivity contribution in [3.05, 3.63) is 53.1 Å². The van der Waals surface area contributed by atoms with E-state index in [9.17, 15) is 15.3 Å². The third-order valence-corrected chi connectivity index (χ3v) is 3.77. The molecule has 5 heteroatoms. The van der Waals surface area contributed by atoms with Crippen LogP contribution < -0.4 is 5.32 Å². The first kappa shape index (κ1) is 15.5. The summed E-state index contributed by atoms with van der Waals surface area (Å²) in [5.41, 5.74) is 3.21. The molecule has 0 aromatic heterocycles. The molecule has 4 nitrogen and oxygen atoms in total. The van der Waals surface area contributed by atoms with Crippen molar-refractivity contribution in [2.75, 3.05) is 6.54 Å². The predicted octanol–water partition coefficient (Wildman–Crippen LogP) is 2.65. The van der Waals surface area contributed by atoms with Crippen molar-refractivity contribution in [1.82, 2.24) is 5.32 Å². The van der Waals surface area contributed by atoms with Gasteiger partial charge in [-0.1, -0.05) is 12.1 Å². The molecule has 1 heterocycles. The lowest BCUT2D eigenvalue weighted by Crippen LogP contribution is -2.31. The van der Waals surface area contributed by atoms with E-state index in [1.54, 1.807) is 24.3 Å². The number of hydrogen-bond donors (Lipinski definition) is 4. The van der Waals surface area contributed by atoms with Crippen LogP contribution in [0.4, 0.5) is 0 Å². The van der Waals surface area contributed by atoms with Crippen molar-refractivity contribution in [2.24, 2.45) is 0 Å². The Bertz CT molecular complexity index is 628. The Morgan fingerprint density at radius 3 is 2.38 bits per heavy atom. The molecular weight excluding hydrogens is 290 g/mol. The highest BCUT2D eigenvalue weighted by atomic mass is 35.5. The zero-order valence-electron chi connectivity index (χ0n) is 11.4. The summed E-state index contributed by atoms with van der Waals surface area (Å²) in [5, 5.41) is 32.0. The van der Waals surface area contributed by atoms with Crippen LogP contribution >= 0.6 is 12.4 Å². The number of phenols is 3. The smallest absolute Gasteiger partial charge is 0.157 e. The van der Waals surface area contributed by atoms with Crippen molar-refractivity contribution in [3.8, 4) is 17.2 Å². The highest BCUT2D eigenvalue weighted by molar-refractivity contribution is 5.85. The Kier molecular flexibility index (Phi) is 4.60. The third-order valence-electron chi connectivity index (χ3n) is 3.77. The molecule has 4 N–H and O–H groups in total. The van der Waals surface area contributed by atoms with E-state index in [0.29, 0.717) is 0 Å². The number of benzene rings is 2. The molecule has 0 radical (unpaired) electrons. The lowest BCUT2D eigenvalue weighted by molar-refractivity contribution is 0.398. The lowest BCUT2D eigenvalue weighted by Gasteiger charge is -2.27. The monoisotopic (exact) mass is 307 g/mol. The van der Waals surface area contributed by atoms with E-state index in [0.717, 1.165) is 36.1 Å². The second-order valence-electron chi connectivity index (χ2n) is 5.17. The molecule has 0 bridgehead atoms. The van der Waals surface area contributed by atoms with Gasteiger partial charge in [0.25, 0.3) is 0 Å². The number of phenolic OH excluding ortho intramolecular Hbond substituents is 3. The highest BCUT2D eigenvalue weighted by Gasteiger charge is 2.21. The molecule has 2 aromatic rings. The maximum Gasteiger partial charge on any atom is 0.157 e. The second kappa shape index (κ2) is 6.24. The normalized spacial score (nSPS) is 16.9. The summed E-state index contributed by atoms with van der Waals surface area (Å²) < 4.78 is 0. The molecule has 0 spiro atoms. The number of aromatic hydroxyl groups is 3. The summed E-state index contributed by atoms with van der Waals surface area (Å²) in [6.07, 6.45) is 1.62. The van der Waals surface area contributed by atoms with Crippen LogP contribution in [-0.2, 0) is 12.8 Å². The van der Waals surface area contributed by atoms with Crippen LogP contribution in [0.5, 0.6) is 17.2 Å². The molecule has 0 fully saturated rings. The average Bonchev–Trinajstić information content (AvgIpc) is 2.43. The van der Waals surface area contributed by atoms with Crippen LogP contribution in [0.2, 0.25) is 0 Å². The van der Waals surface area contributed by atoms with Gasteiger partial charge in [-0.15, -0.1) is 12.4 Å². The molecule has 112 valence electrons. The van der Waals surface area contributed by atoms with Gasteiger partial charge in [-0.25, -0.2) is 0 Å². The quantitative estimate of drug-likeness (QED) is 0.644. The second-order valence-corrected chi connectivity index (χ2v) is 5.17. The zero-order valence-corrected chi connectivity index (χ0v) is 12.2. The Labute approximate surface area is 129 Å². The number of nitrogens with one attached hydrogen (secondary N) is 1. The van der Waals surface area contributed by atoms with Crippen LogP contribution in [0.3, 0.4) is 0 Å². The van der Waals surface area contributed by atoms with Gasteiger partial charge in [0.2, 0.25) is 0 Å². The van der Waals surface area contributed by atoms with Gasteiger partial charge in [0, 0.05) is 6.04 Å². The largest absolute Gasteiger partial charge is 0.508 e. The average molecular weight is 308 g/mol. The molecule has 2 aromatic carbocycles. The first-order valence-electron chi connectivity index (χ1n) is 6.69. The number of rotatable bonds is 2. The number of hydrogen-bond acceptors (Lipinski definition) is 4. The van der Waals surface area contributed by atoms with Gasteiger partial charge in [-0.2, -0.15) is 0 Å². The summed E-state index contributed by atoms with van der Waals surface area (Å²) in [6, 6.07) is 10.5. The topological polar surface area (TPSA) is 72.7 Å². The minimum Gasteiger partial charge on any atom is -0.508 e. The van der Waals surface area contributed by atoms with Crippen LogP contribution in [-0.4, -0.2) is 21.9 Å². The molecule has 1 unspecified atom stereocenters. The summed E-state index contributed by atoms with van der Waals surface area (Å²) in [4.78, 5) is 0. The number of fused-ring (bicyclic) bond motifs is 1. The molecule has 3 rings (SSSR count). The minimum absolute atomic E-state index is 0. The first-order chi connectivity index (χ1) is 9.63. The molecule has 0 amide bonds. The molecule has 1 aliphatic rings. The van der Waals surface area contributed by atoms with Crippen LogP contribution in [0.1, 0.15) is 22.7 Å². The lowest BCUT2D eigenvalue weighted by atomic mass is 9.90. The molecule has 0 saturated carbocycles. The van der Waals surface area contributed by atoms with Crippen LogP contribution in [0.25, 0.3) is 0 Å². The predicted molar refractivity (Wildman–Crippen MR) is 83.3 cm³/mol. The maximum atomic E-state index is 9.68. The van der Waals surface area contributed by atoms with Crippen molar-refractivity contribution < 1.29 is 15.3 Å². The fourth-order valence-electron chi connectivity index (χ4n) is 2.72. The molecule has 21 heavy (non-hydrogen) atoms. The van der Waals surface area contributed by atoms with E-state index >= 15 is 0 Å². The van der Waals surface area contributed by atoms with E-state index < -0.39 is 0 Å². The standard InChI is InChI=1S/C16H17NO3.ClH/c18-12-3-1-10(2-4-12)7-14-13-9-16(20)15(19)8-11(13)5-6-17-14;/h1-4,8-9,14,17-20H,5-7H2;1H. The Morgan fingerprint density at radius 2 is 1.67 bits per heavy atom. The van der Waals surface area contributed by atoms with Crippen molar-refractivity contribution >= 4 is 12.4 Å². The third kappa shape index (κ3) is 3.23. The maximum absolute atomic E-state index is 9.68. The SMILES string of the molecule is Cl.Oc1ccc(CC2NCCc3cc(O)c(O)cc32)cc1. The summed E-state index contributed by atoms with van der Waals surface area (Å²) >= 11 is 0. The van der Waals surface area contributed by atoms with Crippen LogP contribution in [0, 0.1) is 0 Å². The van der Waals surface area contributed by atoms with Gasteiger partial charge < -0.3 is 20.6 Å². The van der Waals surface area contributed by atoms with E-state index in [1.165, 1.54) is 0 Å². The Balaban J connectivity index is 0.00000161. The van der Waals surface area contributed by atoms with Crippen molar-refractivity contribution in [1.29, 1.82) is 0 Å². The van der Waals surface area contributed by atoms with Crippen molar-refractivity contribution in [3.63, 3.8) is 0 Å². The highest BCUT2D eigenvalue weighted by Crippen LogP contribution is 2.34. The zero-order chi connectivity index (χ0) is 14.1. The van der Waals surface area contributed by atoms with Gasteiger partial charge >= 0.3 is 0 Å². The fraction of sp³-hybridized carbons (Fsp3) is 0.250. The van der Waals surface area contributed by atoms with Gasteiger partial charge in [0.1, 0.15) is 5.75 Å². The van der Waals surface area contributed by atoms with E-state index in [-0.39, 0.29) is 35.7 Å². The Hall–Kier alpha value is -1.91. The first-order valence-corrected chi connectivity index (χ1v) is 6.69. The number of halogens is 1. The molecule has 1 atom stereocenters. The van der Waals surface area contributed by atoms with Crippen molar-refractivity contribution in [2.45, 2.75) is 18.9 Å². The molecular formula is C16H18ClNO3. The summed E-state index contributed by atoms with van der Waals surface area (Å²) in [7, 11) is 0. The van der Waals surface area contributed by atoms with Gasteiger partial charge in [-0.05, 0) is 60.3 Å². The Morgan fingerprint density at radius 1 is 1.00 bits per heavy atom.